The Labute approximate surface area is 123 Å². The Morgan fingerprint density at radius 2 is 2.00 bits per heavy atom. The molecule has 1 N–H and O–H groups in total. The highest BCUT2D eigenvalue weighted by atomic mass is 19.1. The summed E-state index contributed by atoms with van der Waals surface area (Å²) in [6, 6.07) is 2.47. The van der Waals surface area contributed by atoms with Gasteiger partial charge in [0.05, 0.1) is 23.8 Å². The first-order valence-corrected chi connectivity index (χ1v) is 7.11. The van der Waals surface area contributed by atoms with Crippen molar-refractivity contribution in [1.29, 1.82) is 0 Å². The number of nitrogens with one attached hydrogen (secondary N) is 1. The zero-order valence-corrected chi connectivity index (χ0v) is 12.6. The van der Waals surface area contributed by atoms with E-state index >= 15 is 0 Å². The summed E-state index contributed by atoms with van der Waals surface area (Å²) in [5.41, 5.74) is 0.247. The monoisotopic (exact) mass is 296 g/mol. The molecule has 0 aromatic heterocycles. The Kier molecular flexibility index (Phi) is 4.34. The van der Waals surface area contributed by atoms with Crippen molar-refractivity contribution in [3.05, 3.63) is 28.1 Å². The predicted molar refractivity (Wildman–Crippen MR) is 79.3 cm³/mol. The lowest BCUT2D eigenvalue weighted by Crippen LogP contribution is -2.30. The molecule has 1 aliphatic rings. The molecule has 1 fully saturated rings. The maximum atomic E-state index is 14.0. The minimum Gasteiger partial charge on any atom is -0.490 e. The average Bonchev–Trinajstić information content (AvgIpc) is 2.42. The molecule has 6 heteroatoms. The molecule has 2 rings (SSSR count). The normalized spacial score (nSPS) is 18.3. The average molecular weight is 296 g/mol. The second-order valence-electron chi connectivity index (χ2n) is 6.34. The highest BCUT2D eigenvalue weighted by Crippen LogP contribution is 2.38. The fourth-order valence-corrected chi connectivity index (χ4v) is 2.72. The van der Waals surface area contributed by atoms with E-state index in [0.717, 1.165) is 31.7 Å². The van der Waals surface area contributed by atoms with Crippen molar-refractivity contribution >= 4 is 11.4 Å². The minimum atomic E-state index is -0.644. The second-order valence-corrected chi connectivity index (χ2v) is 6.34. The van der Waals surface area contributed by atoms with Gasteiger partial charge in [0.2, 0.25) is 0 Å². The molecule has 5 nitrogen and oxygen atoms in total. The van der Waals surface area contributed by atoms with Gasteiger partial charge in [-0.3, -0.25) is 10.1 Å². The van der Waals surface area contributed by atoms with E-state index in [4.69, 9.17) is 4.74 Å². The van der Waals surface area contributed by atoms with Crippen LogP contribution < -0.4 is 10.1 Å². The molecule has 0 atom stereocenters. The molecule has 0 spiro atoms. The predicted octanol–water partition coefficient (Wildman–Crippen LogP) is 4.12. The highest BCUT2D eigenvalue weighted by Gasteiger charge is 2.28. The van der Waals surface area contributed by atoms with Gasteiger partial charge in [-0.05, 0) is 31.1 Å². The largest absolute Gasteiger partial charge is 0.490 e. The van der Waals surface area contributed by atoms with Crippen LogP contribution in [-0.4, -0.2) is 18.1 Å². The van der Waals surface area contributed by atoms with E-state index < -0.39 is 10.7 Å². The van der Waals surface area contributed by atoms with Crippen molar-refractivity contribution in [3.8, 4) is 5.75 Å². The number of benzene rings is 1. The smallest absolute Gasteiger partial charge is 0.313 e. The highest BCUT2D eigenvalue weighted by molar-refractivity contribution is 5.59. The Bertz CT molecular complexity index is 536. The third kappa shape index (κ3) is 3.62. The van der Waals surface area contributed by atoms with Crippen LogP contribution in [0.4, 0.5) is 15.8 Å². The fraction of sp³-hybridized carbons (Fsp3) is 0.600. The van der Waals surface area contributed by atoms with Crippen LogP contribution in [0.5, 0.6) is 5.75 Å². The van der Waals surface area contributed by atoms with Crippen LogP contribution in [0, 0.1) is 21.3 Å². The molecular weight excluding hydrogens is 275 g/mol. The molecule has 0 saturated heterocycles. The molecule has 0 radical (unpaired) electrons. The summed E-state index contributed by atoms with van der Waals surface area (Å²) < 4.78 is 19.0. The van der Waals surface area contributed by atoms with E-state index in [0.29, 0.717) is 5.41 Å². The lowest BCUT2D eigenvalue weighted by Gasteiger charge is -2.35. The van der Waals surface area contributed by atoms with E-state index in [2.05, 4.69) is 19.2 Å². The third-order valence-corrected chi connectivity index (χ3v) is 4.16. The summed E-state index contributed by atoms with van der Waals surface area (Å²) in [5.74, 6) is -0.549. The zero-order valence-electron chi connectivity index (χ0n) is 12.6. The van der Waals surface area contributed by atoms with Crippen molar-refractivity contribution < 1.29 is 14.1 Å². The summed E-state index contributed by atoms with van der Waals surface area (Å²) in [5, 5.41) is 14.0. The van der Waals surface area contributed by atoms with Gasteiger partial charge in [-0.2, -0.15) is 0 Å². The van der Waals surface area contributed by atoms with Crippen molar-refractivity contribution in [3.63, 3.8) is 0 Å². The maximum absolute atomic E-state index is 14.0. The van der Waals surface area contributed by atoms with Gasteiger partial charge in [0.15, 0.2) is 11.6 Å². The van der Waals surface area contributed by atoms with Crippen LogP contribution in [0.2, 0.25) is 0 Å². The topological polar surface area (TPSA) is 64.4 Å². The lowest BCUT2D eigenvalue weighted by molar-refractivity contribution is -0.385. The van der Waals surface area contributed by atoms with E-state index in [1.807, 2.05) is 0 Å². The first kappa shape index (κ1) is 15.5. The van der Waals surface area contributed by atoms with Crippen LogP contribution in [0.25, 0.3) is 0 Å². The second kappa shape index (κ2) is 5.87. The first-order valence-electron chi connectivity index (χ1n) is 7.11. The van der Waals surface area contributed by atoms with Gasteiger partial charge in [0.1, 0.15) is 0 Å². The molecule has 0 unspecified atom stereocenters. The Morgan fingerprint density at radius 3 is 2.52 bits per heavy atom. The number of nitro groups is 1. The van der Waals surface area contributed by atoms with Crippen molar-refractivity contribution in [1.82, 2.24) is 0 Å². The third-order valence-electron chi connectivity index (χ3n) is 4.16. The van der Waals surface area contributed by atoms with Gasteiger partial charge in [-0.25, -0.2) is 4.39 Å². The summed E-state index contributed by atoms with van der Waals surface area (Å²) in [6.07, 6.45) is 4.09. The van der Waals surface area contributed by atoms with Gasteiger partial charge in [0, 0.05) is 12.1 Å². The van der Waals surface area contributed by atoms with Crippen LogP contribution in [0.1, 0.15) is 39.5 Å². The van der Waals surface area contributed by atoms with E-state index in [1.54, 1.807) is 0 Å². The number of nitro benzene ring substituents is 1. The summed E-state index contributed by atoms with van der Waals surface area (Å²) in [4.78, 5) is 10.2. The van der Waals surface area contributed by atoms with Gasteiger partial charge in [-0.15, -0.1) is 0 Å². The van der Waals surface area contributed by atoms with Crippen LogP contribution in [0.15, 0.2) is 12.1 Å². The van der Waals surface area contributed by atoms with E-state index in [-0.39, 0.29) is 23.2 Å². The molecule has 1 aromatic rings. The summed E-state index contributed by atoms with van der Waals surface area (Å²) in [7, 11) is 1.34. The van der Waals surface area contributed by atoms with Gasteiger partial charge < -0.3 is 10.1 Å². The standard InChI is InChI=1S/C15H21FN2O3/c1-15(2)6-4-10(5-7-15)17-12-9-14(21-3)13(18(19)20)8-11(12)16/h8-10,17H,4-7H2,1-3H3. The lowest BCUT2D eigenvalue weighted by atomic mass is 9.75. The van der Waals surface area contributed by atoms with E-state index in [1.165, 1.54) is 13.2 Å². The number of rotatable bonds is 4. The molecule has 0 aliphatic heterocycles. The SMILES string of the molecule is COc1cc(NC2CCC(C)(C)CC2)c(F)cc1[N+](=O)[O-]. The minimum absolute atomic E-state index is 0.0695. The fourth-order valence-electron chi connectivity index (χ4n) is 2.72. The number of anilines is 1. The molecule has 1 aromatic carbocycles. The Balaban J connectivity index is 2.15. The Morgan fingerprint density at radius 1 is 1.38 bits per heavy atom. The zero-order chi connectivity index (χ0) is 15.6. The van der Waals surface area contributed by atoms with Crippen molar-refractivity contribution in [2.45, 2.75) is 45.6 Å². The van der Waals surface area contributed by atoms with E-state index in [9.17, 15) is 14.5 Å². The molecule has 0 bridgehead atoms. The molecule has 0 amide bonds. The molecule has 0 heterocycles. The number of hydrogen-bond donors (Lipinski definition) is 1. The van der Waals surface area contributed by atoms with Crippen molar-refractivity contribution in [2.75, 3.05) is 12.4 Å². The molecule has 21 heavy (non-hydrogen) atoms. The van der Waals surface area contributed by atoms with Gasteiger partial charge in [0.25, 0.3) is 0 Å². The molecule has 116 valence electrons. The van der Waals surface area contributed by atoms with Gasteiger partial charge >= 0.3 is 5.69 Å². The first-order chi connectivity index (χ1) is 9.82. The van der Waals surface area contributed by atoms with Crippen LogP contribution >= 0.6 is 0 Å². The number of methoxy groups -OCH3 is 1. The summed E-state index contributed by atoms with van der Waals surface area (Å²) >= 11 is 0. The number of halogens is 1. The number of ether oxygens (including phenoxy) is 1. The number of hydrogen-bond acceptors (Lipinski definition) is 4. The Hall–Kier alpha value is -1.85. The van der Waals surface area contributed by atoms with Crippen LogP contribution in [-0.2, 0) is 0 Å². The number of nitrogens with zero attached hydrogens (tertiary/aromatic N) is 1. The molecular formula is C15H21FN2O3. The quantitative estimate of drug-likeness (QED) is 0.670. The molecule has 1 aliphatic carbocycles. The maximum Gasteiger partial charge on any atom is 0.313 e. The van der Waals surface area contributed by atoms with Crippen molar-refractivity contribution in [2.24, 2.45) is 5.41 Å². The summed E-state index contributed by atoms with van der Waals surface area (Å²) in [6.45, 7) is 4.47. The van der Waals surface area contributed by atoms with Crippen LogP contribution in [0.3, 0.4) is 0 Å². The van der Waals surface area contributed by atoms with Gasteiger partial charge in [-0.1, -0.05) is 13.8 Å². The molecule has 1 saturated carbocycles.